The first-order valence-corrected chi connectivity index (χ1v) is 8.74. The van der Waals surface area contributed by atoms with Crippen molar-refractivity contribution in [2.75, 3.05) is 0 Å². The first-order valence-electron chi connectivity index (χ1n) is 8.74. The predicted octanol–water partition coefficient (Wildman–Crippen LogP) is 3.89. The van der Waals surface area contributed by atoms with Crippen LogP contribution in [0.3, 0.4) is 0 Å². The van der Waals surface area contributed by atoms with E-state index in [0.717, 1.165) is 11.1 Å². The van der Waals surface area contributed by atoms with Crippen LogP contribution in [0.1, 0.15) is 39.3 Å². The first-order chi connectivity index (χ1) is 13.5. The fourth-order valence-electron chi connectivity index (χ4n) is 2.72. The molecule has 0 aliphatic heterocycles. The number of aromatic nitrogens is 1. The molecule has 1 heterocycles. The average molecular weight is 380 g/mol. The SMILES string of the molecule is Cc1oc(C(Cc2ccccc2)NC(=O)OCc2ccccc2)nc1C(=O)O. The van der Waals surface area contributed by atoms with E-state index in [9.17, 15) is 14.7 Å². The normalized spacial score (nSPS) is 11.6. The van der Waals surface area contributed by atoms with E-state index < -0.39 is 18.1 Å². The number of oxazole rings is 1. The Kier molecular flexibility index (Phi) is 6.06. The highest BCUT2D eigenvalue weighted by molar-refractivity contribution is 5.86. The molecule has 7 heteroatoms. The van der Waals surface area contributed by atoms with Crippen LogP contribution < -0.4 is 5.32 Å². The molecule has 0 spiro atoms. The number of carbonyl (C=O) groups excluding carboxylic acids is 1. The molecule has 2 N–H and O–H groups in total. The van der Waals surface area contributed by atoms with Crippen molar-refractivity contribution in [2.45, 2.75) is 26.0 Å². The van der Waals surface area contributed by atoms with Gasteiger partial charge in [-0.05, 0) is 18.1 Å². The van der Waals surface area contributed by atoms with Gasteiger partial charge in [0.25, 0.3) is 0 Å². The second-order valence-electron chi connectivity index (χ2n) is 6.21. The van der Waals surface area contributed by atoms with Crippen LogP contribution in [0.5, 0.6) is 0 Å². The monoisotopic (exact) mass is 380 g/mol. The Labute approximate surface area is 162 Å². The Hall–Kier alpha value is -3.61. The zero-order valence-corrected chi connectivity index (χ0v) is 15.3. The molecule has 1 atom stereocenters. The number of nitrogens with one attached hydrogen (secondary N) is 1. The van der Waals surface area contributed by atoms with Gasteiger partial charge in [0.1, 0.15) is 18.4 Å². The van der Waals surface area contributed by atoms with E-state index in [1.165, 1.54) is 6.92 Å². The summed E-state index contributed by atoms with van der Waals surface area (Å²) in [4.78, 5) is 27.6. The molecular weight excluding hydrogens is 360 g/mol. The smallest absolute Gasteiger partial charge is 0.408 e. The van der Waals surface area contributed by atoms with Gasteiger partial charge in [-0.15, -0.1) is 0 Å². The predicted molar refractivity (Wildman–Crippen MR) is 101 cm³/mol. The van der Waals surface area contributed by atoms with Gasteiger partial charge < -0.3 is 19.6 Å². The number of benzene rings is 2. The van der Waals surface area contributed by atoms with E-state index >= 15 is 0 Å². The standard InChI is InChI=1S/C21H20N2O5/c1-14-18(20(24)25)23-19(28-14)17(12-15-8-4-2-5-9-15)22-21(26)27-13-16-10-6-3-7-11-16/h2-11,17H,12-13H2,1H3,(H,22,26)(H,24,25). The maximum Gasteiger partial charge on any atom is 0.408 e. The quantitative estimate of drug-likeness (QED) is 0.645. The molecule has 0 saturated heterocycles. The Balaban J connectivity index is 1.75. The number of ether oxygens (including phenoxy) is 1. The van der Waals surface area contributed by atoms with Gasteiger partial charge in [-0.2, -0.15) is 0 Å². The van der Waals surface area contributed by atoms with Gasteiger partial charge in [0, 0.05) is 6.42 Å². The molecule has 0 fully saturated rings. The summed E-state index contributed by atoms with van der Waals surface area (Å²) in [5.41, 5.74) is 1.62. The molecule has 3 rings (SSSR count). The lowest BCUT2D eigenvalue weighted by atomic mass is 10.1. The molecule has 0 aliphatic carbocycles. The maximum absolute atomic E-state index is 12.3. The van der Waals surface area contributed by atoms with Crippen LogP contribution in [0.2, 0.25) is 0 Å². The van der Waals surface area contributed by atoms with Crippen molar-refractivity contribution in [3.8, 4) is 0 Å². The lowest BCUT2D eigenvalue weighted by Crippen LogP contribution is -2.30. The minimum atomic E-state index is -1.18. The fourth-order valence-corrected chi connectivity index (χ4v) is 2.72. The molecule has 28 heavy (non-hydrogen) atoms. The van der Waals surface area contributed by atoms with Crippen LogP contribution in [0.25, 0.3) is 0 Å². The van der Waals surface area contributed by atoms with Gasteiger partial charge in [0.15, 0.2) is 5.69 Å². The summed E-state index contributed by atoms with van der Waals surface area (Å²) >= 11 is 0. The molecule has 2 aromatic carbocycles. The number of amides is 1. The van der Waals surface area contributed by atoms with Crippen LogP contribution in [-0.2, 0) is 17.8 Å². The fraction of sp³-hybridized carbons (Fsp3) is 0.190. The number of alkyl carbamates (subject to hydrolysis) is 1. The highest BCUT2D eigenvalue weighted by atomic mass is 16.5. The molecule has 1 aromatic heterocycles. The van der Waals surface area contributed by atoms with Gasteiger partial charge in [0.2, 0.25) is 5.89 Å². The number of hydrogen-bond acceptors (Lipinski definition) is 5. The average Bonchev–Trinajstić information content (AvgIpc) is 3.09. The van der Waals surface area contributed by atoms with E-state index in [-0.39, 0.29) is 24.0 Å². The number of aryl methyl sites for hydroxylation is 1. The van der Waals surface area contributed by atoms with Gasteiger partial charge in [-0.3, -0.25) is 0 Å². The number of carbonyl (C=O) groups is 2. The van der Waals surface area contributed by atoms with Crippen molar-refractivity contribution >= 4 is 12.1 Å². The number of nitrogens with zero attached hydrogens (tertiary/aromatic N) is 1. The van der Waals surface area contributed by atoms with E-state index in [4.69, 9.17) is 9.15 Å². The van der Waals surface area contributed by atoms with Crippen molar-refractivity contribution in [3.05, 3.63) is 89.1 Å². The molecule has 7 nitrogen and oxygen atoms in total. The van der Waals surface area contributed by atoms with Crippen LogP contribution >= 0.6 is 0 Å². The molecule has 0 saturated carbocycles. The highest BCUT2D eigenvalue weighted by Gasteiger charge is 2.25. The van der Waals surface area contributed by atoms with Crippen LogP contribution in [0.4, 0.5) is 4.79 Å². The molecule has 1 amide bonds. The molecule has 0 bridgehead atoms. The third kappa shape index (κ3) is 4.97. The summed E-state index contributed by atoms with van der Waals surface area (Å²) < 4.78 is 10.8. The summed E-state index contributed by atoms with van der Waals surface area (Å²) in [7, 11) is 0. The number of rotatable bonds is 7. The van der Waals surface area contributed by atoms with Crippen molar-refractivity contribution in [1.29, 1.82) is 0 Å². The summed E-state index contributed by atoms with van der Waals surface area (Å²) in [6.07, 6.45) is -0.266. The molecule has 0 radical (unpaired) electrons. The number of aromatic carboxylic acids is 1. The Morgan fingerprint density at radius 2 is 1.68 bits per heavy atom. The molecule has 144 valence electrons. The highest BCUT2D eigenvalue weighted by Crippen LogP contribution is 2.21. The summed E-state index contributed by atoms with van der Waals surface area (Å²) in [6, 6.07) is 18.1. The molecule has 1 unspecified atom stereocenters. The van der Waals surface area contributed by atoms with E-state index in [1.54, 1.807) is 0 Å². The minimum Gasteiger partial charge on any atom is -0.476 e. The van der Waals surface area contributed by atoms with Crippen LogP contribution in [-0.4, -0.2) is 22.2 Å². The van der Waals surface area contributed by atoms with Crippen molar-refractivity contribution in [3.63, 3.8) is 0 Å². The van der Waals surface area contributed by atoms with Crippen molar-refractivity contribution in [1.82, 2.24) is 10.3 Å². The second-order valence-corrected chi connectivity index (χ2v) is 6.21. The number of hydrogen-bond donors (Lipinski definition) is 2. The second kappa shape index (κ2) is 8.85. The Morgan fingerprint density at radius 3 is 2.25 bits per heavy atom. The third-order valence-electron chi connectivity index (χ3n) is 4.10. The Morgan fingerprint density at radius 1 is 1.07 bits per heavy atom. The van der Waals surface area contributed by atoms with Gasteiger partial charge >= 0.3 is 12.1 Å². The van der Waals surface area contributed by atoms with Crippen LogP contribution in [0.15, 0.2) is 65.1 Å². The Bertz CT molecular complexity index is 938. The third-order valence-corrected chi connectivity index (χ3v) is 4.10. The lowest BCUT2D eigenvalue weighted by molar-refractivity contribution is 0.0689. The van der Waals surface area contributed by atoms with Crippen molar-refractivity contribution in [2.24, 2.45) is 0 Å². The van der Waals surface area contributed by atoms with Gasteiger partial charge in [0.05, 0.1) is 0 Å². The first kappa shape index (κ1) is 19.2. The number of carboxylic acid groups (broad SMARTS) is 1. The topological polar surface area (TPSA) is 102 Å². The maximum atomic E-state index is 12.3. The zero-order valence-electron chi connectivity index (χ0n) is 15.3. The summed E-state index contributed by atoms with van der Waals surface area (Å²) in [5.74, 6) is -0.881. The molecule has 3 aromatic rings. The summed E-state index contributed by atoms with van der Waals surface area (Å²) in [5, 5.41) is 11.9. The van der Waals surface area contributed by atoms with Crippen molar-refractivity contribution < 1.29 is 23.8 Å². The van der Waals surface area contributed by atoms with Gasteiger partial charge in [-0.25, -0.2) is 14.6 Å². The van der Waals surface area contributed by atoms with E-state index in [0.29, 0.717) is 6.42 Å². The minimum absolute atomic E-state index is 0.121. The molecular formula is C21H20N2O5. The van der Waals surface area contributed by atoms with E-state index in [1.807, 2.05) is 60.7 Å². The number of carboxylic acids is 1. The lowest BCUT2D eigenvalue weighted by Gasteiger charge is -2.16. The summed E-state index contributed by atoms with van der Waals surface area (Å²) in [6.45, 7) is 1.64. The zero-order chi connectivity index (χ0) is 19.9. The van der Waals surface area contributed by atoms with E-state index in [2.05, 4.69) is 10.3 Å². The van der Waals surface area contributed by atoms with Crippen LogP contribution in [0, 0.1) is 6.92 Å². The van der Waals surface area contributed by atoms with Gasteiger partial charge in [-0.1, -0.05) is 60.7 Å². The molecule has 0 aliphatic rings. The largest absolute Gasteiger partial charge is 0.476 e.